The predicted octanol–water partition coefficient (Wildman–Crippen LogP) is 3.93. The second kappa shape index (κ2) is 6.37. The Bertz CT molecular complexity index is 584. The Balaban J connectivity index is 2.13. The van der Waals surface area contributed by atoms with E-state index in [1.54, 1.807) is 6.07 Å². The number of hydrogen-bond acceptors (Lipinski definition) is 2. The third kappa shape index (κ3) is 3.58. The van der Waals surface area contributed by atoms with Gasteiger partial charge in [0, 0.05) is 30.7 Å². The average molecular weight is 338 g/mol. The van der Waals surface area contributed by atoms with Gasteiger partial charge in [0.2, 0.25) is 0 Å². The summed E-state index contributed by atoms with van der Waals surface area (Å²) >= 11 is 3.32. The van der Waals surface area contributed by atoms with Crippen LogP contribution in [0.2, 0.25) is 0 Å². The quantitative estimate of drug-likeness (QED) is 0.913. The minimum absolute atomic E-state index is 0.287. The molecule has 2 rings (SSSR count). The van der Waals surface area contributed by atoms with E-state index in [4.69, 9.17) is 0 Å². The Labute approximate surface area is 127 Å². The molecule has 0 heterocycles. The summed E-state index contributed by atoms with van der Waals surface area (Å²) in [6.45, 7) is 0. The lowest BCUT2D eigenvalue weighted by Crippen LogP contribution is -2.09. The predicted molar refractivity (Wildman–Crippen MR) is 83.5 cm³/mol. The van der Waals surface area contributed by atoms with Crippen molar-refractivity contribution in [3.63, 3.8) is 0 Å². The molecule has 2 aromatic rings. The van der Waals surface area contributed by atoms with Crippen LogP contribution < -0.4 is 4.90 Å². The highest BCUT2D eigenvalue weighted by Gasteiger charge is 2.11. The fourth-order valence-corrected chi connectivity index (χ4v) is 2.52. The highest BCUT2D eigenvalue weighted by atomic mass is 79.9. The van der Waals surface area contributed by atoms with E-state index in [0.29, 0.717) is 10.9 Å². The summed E-state index contributed by atoms with van der Waals surface area (Å²) in [5.74, 6) is -0.287. The van der Waals surface area contributed by atoms with Gasteiger partial charge in [-0.15, -0.1) is 0 Å². The normalized spacial score (nSPS) is 12.2. The van der Waals surface area contributed by atoms with E-state index in [0.717, 1.165) is 16.8 Å². The number of rotatable bonds is 4. The lowest BCUT2D eigenvalue weighted by molar-refractivity contribution is 0.178. The van der Waals surface area contributed by atoms with Crippen molar-refractivity contribution in [2.75, 3.05) is 19.0 Å². The maximum absolute atomic E-state index is 13.0. The summed E-state index contributed by atoms with van der Waals surface area (Å²) in [5, 5.41) is 10.3. The molecule has 0 aliphatic heterocycles. The molecule has 4 heteroatoms. The summed E-state index contributed by atoms with van der Waals surface area (Å²) in [6, 6.07) is 12.3. The van der Waals surface area contributed by atoms with Crippen molar-refractivity contribution in [1.82, 2.24) is 0 Å². The maximum atomic E-state index is 13.0. The number of halogens is 2. The van der Waals surface area contributed by atoms with Crippen LogP contribution in [0, 0.1) is 5.82 Å². The van der Waals surface area contributed by atoms with Gasteiger partial charge in [0.1, 0.15) is 5.82 Å². The van der Waals surface area contributed by atoms with Crippen molar-refractivity contribution in [3.8, 4) is 0 Å². The van der Waals surface area contributed by atoms with E-state index in [1.165, 1.54) is 12.1 Å². The summed E-state index contributed by atoms with van der Waals surface area (Å²) in [7, 11) is 3.95. The van der Waals surface area contributed by atoms with Gasteiger partial charge < -0.3 is 10.0 Å². The molecule has 0 amide bonds. The molecule has 0 saturated carbocycles. The molecule has 0 saturated heterocycles. The molecule has 0 radical (unpaired) electrons. The third-order valence-electron chi connectivity index (χ3n) is 3.22. The molecular formula is C16H17BrFNO. The number of anilines is 1. The van der Waals surface area contributed by atoms with Crippen molar-refractivity contribution in [2.45, 2.75) is 12.5 Å². The van der Waals surface area contributed by atoms with Crippen molar-refractivity contribution in [3.05, 3.63) is 63.9 Å². The van der Waals surface area contributed by atoms with Crippen molar-refractivity contribution in [1.29, 1.82) is 0 Å². The van der Waals surface area contributed by atoms with Gasteiger partial charge in [-0.2, -0.15) is 0 Å². The highest BCUT2D eigenvalue weighted by molar-refractivity contribution is 9.10. The first-order valence-electron chi connectivity index (χ1n) is 6.36. The van der Waals surface area contributed by atoms with E-state index in [9.17, 15) is 9.50 Å². The monoisotopic (exact) mass is 337 g/mol. The number of aliphatic hydroxyl groups is 1. The Morgan fingerprint density at radius 2 is 1.80 bits per heavy atom. The number of aliphatic hydroxyl groups excluding tert-OH is 1. The van der Waals surface area contributed by atoms with Gasteiger partial charge in [-0.3, -0.25) is 0 Å². The van der Waals surface area contributed by atoms with E-state index < -0.39 is 6.10 Å². The van der Waals surface area contributed by atoms with Gasteiger partial charge in [-0.25, -0.2) is 4.39 Å². The summed E-state index contributed by atoms with van der Waals surface area (Å²) in [6.07, 6.45) is -0.157. The van der Waals surface area contributed by atoms with Crippen LogP contribution in [0.4, 0.5) is 10.1 Å². The van der Waals surface area contributed by atoms with Crippen LogP contribution >= 0.6 is 15.9 Å². The molecule has 20 heavy (non-hydrogen) atoms. The van der Waals surface area contributed by atoms with E-state index in [2.05, 4.69) is 15.9 Å². The smallest absolute Gasteiger partial charge is 0.124 e. The molecule has 0 aromatic heterocycles. The first-order chi connectivity index (χ1) is 9.47. The average Bonchev–Trinajstić information content (AvgIpc) is 2.42. The van der Waals surface area contributed by atoms with Gasteiger partial charge in [0.15, 0.2) is 0 Å². The van der Waals surface area contributed by atoms with Crippen LogP contribution in [0.3, 0.4) is 0 Å². The van der Waals surface area contributed by atoms with Gasteiger partial charge in [0.25, 0.3) is 0 Å². The molecule has 0 bridgehead atoms. The molecule has 2 aromatic carbocycles. The summed E-state index contributed by atoms with van der Waals surface area (Å²) in [4.78, 5) is 2.01. The Morgan fingerprint density at radius 3 is 2.35 bits per heavy atom. The Morgan fingerprint density at radius 1 is 1.15 bits per heavy atom. The minimum atomic E-state index is -0.604. The van der Waals surface area contributed by atoms with Crippen molar-refractivity contribution >= 4 is 21.6 Å². The molecule has 0 aliphatic carbocycles. The Kier molecular flexibility index (Phi) is 4.78. The van der Waals surface area contributed by atoms with Crippen LogP contribution in [0.25, 0.3) is 0 Å². The van der Waals surface area contributed by atoms with Crippen molar-refractivity contribution in [2.24, 2.45) is 0 Å². The van der Waals surface area contributed by atoms with Crippen LogP contribution in [0.15, 0.2) is 46.9 Å². The molecule has 0 spiro atoms. The van der Waals surface area contributed by atoms with Crippen LogP contribution in [0.1, 0.15) is 17.2 Å². The second-order valence-corrected chi connectivity index (χ2v) is 5.80. The molecule has 0 aliphatic rings. The first kappa shape index (κ1) is 15.0. The zero-order valence-electron chi connectivity index (χ0n) is 11.5. The highest BCUT2D eigenvalue weighted by Crippen LogP contribution is 2.25. The standard InChI is InChI=1S/C16H17BrFNO/c1-19(2)14-7-4-11(5-8-14)16(20)9-12-3-6-13(18)10-15(12)17/h3-8,10,16,20H,9H2,1-2H3. The molecular weight excluding hydrogens is 321 g/mol. The van der Waals surface area contributed by atoms with Gasteiger partial charge >= 0.3 is 0 Å². The zero-order valence-corrected chi connectivity index (χ0v) is 13.1. The number of hydrogen-bond donors (Lipinski definition) is 1. The van der Waals surface area contributed by atoms with Gasteiger partial charge in [-0.05, 0) is 35.4 Å². The molecule has 2 nitrogen and oxygen atoms in total. The molecule has 106 valence electrons. The van der Waals surface area contributed by atoms with E-state index in [-0.39, 0.29) is 5.82 Å². The largest absolute Gasteiger partial charge is 0.388 e. The summed E-state index contributed by atoms with van der Waals surface area (Å²) < 4.78 is 13.7. The molecule has 1 N–H and O–H groups in total. The lowest BCUT2D eigenvalue weighted by atomic mass is 10.0. The first-order valence-corrected chi connectivity index (χ1v) is 7.16. The number of benzene rings is 2. The van der Waals surface area contributed by atoms with E-state index >= 15 is 0 Å². The SMILES string of the molecule is CN(C)c1ccc(C(O)Cc2ccc(F)cc2Br)cc1. The summed E-state index contributed by atoms with van der Waals surface area (Å²) in [5.41, 5.74) is 2.83. The second-order valence-electron chi connectivity index (χ2n) is 4.94. The van der Waals surface area contributed by atoms with Gasteiger partial charge in [-0.1, -0.05) is 34.1 Å². The third-order valence-corrected chi connectivity index (χ3v) is 3.96. The van der Waals surface area contributed by atoms with Gasteiger partial charge in [0.05, 0.1) is 6.10 Å². The zero-order chi connectivity index (χ0) is 14.7. The lowest BCUT2D eigenvalue weighted by Gasteiger charge is -2.16. The maximum Gasteiger partial charge on any atom is 0.124 e. The minimum Gasteiger partial charge on any atom is -0.388 e. The van der Waals surface area contributed by atoms with Crippen molar-refractivity contribution < 1.29 is 9.50 Å². The van der Waals surface area contributed by atoms with Crippen LogP contribution in [-0.4, -0.2) is 19.2 Å². The fraction of sp³-hybridized carbons (Fsp3) is 0.250. The molecule has 0 fully saturated rings. The Hall–Kier alpha value is -1.39. The number of nitrogens with zero attached hydrogens (tertiary/aromatic N) is 1. The van der Waals surface area contributed by atoms with E-state index in [1.807, 2.05) is 43.3 Å². The molecule has 1 atom stereocenters. The van der Waals surface area contributed by atoms with Crippen LogP contribution in [0.5, 0.6) is 0 Å². The van der Waals surface area contributed by atoms with Crippen LogP contribution in [-0.2, 0) is 6.42 Å². The molecule has 1 unspecified atom stereocenters. The topological polar surface area (TPSA) is 23.5 Å². The fourth-order valence-electron chi connectivity index (χ4n) is 2.01.